The second kappa shape index (κ2) is 6.80. The lowest BCUT2D eigenvalue weighted by atomic mass is 10.1. The minimum Gasteiger partial charge on any atom is -0.476 e. The fraction of sp³-hybridized carbons (Fsp3) is 0.222. The van der Waals surface area contributed by atoms with E-state index in [9.17, 15) is 18.0 Å². The van der Waals surface area contributed by atoms with E-state index >= 15 is 0 Å². The lowest BCUT2D eigenvalue weighted by Crippen LogP contribution is -2.48. The Balaban J connectivity index is 1.77. The van der Waals surface area contributed by atoms with Crippen LogP contribution in [0.5, 0.6) is 5.75 Å². The first-order valence-electron chi connectivity index (χ1n) is 7.90. The number of rotatable bonds is 3. The molecule has 0 fully saturated rings. The molecule has 1 aliphatic rings. The maximum Gasteiger partial charge on any atom is 0.267 e. The molecule has 2 aromatic rings. The molecule has 1 heterocycles. The standard InChI is InChI=1S/C18H18N2O5S/c1-12(21)20-11-17(25-16-6-4-3-5-15(16)20)18(22)19-13-7-9-14(10-8-13)26(2,23)24/h3-10,17H,11H2,1-2H3,(H,19,22)/t17-/m0/s1. The van der Waals surface area contributed by atoms with Crippen molar-refractivity contribution in [2.24, 2.45) is 0 Å². The Kier molecular flexibility index (Phi) is 4.69. The van der Waals surface area contributed by atoms with E-state index < -0.39 is 21.8 Å². The smallest absolute Gasteiger partial charge is 0.267 e. The Bertz CT molecular complexity index is 954. The average Bonchev–Trinajstić information content (AvgIpc) is 2.60. The molecule has 136 valence electrons. The molecule has 0 spiro atoms. The quantitative estimate of drug-likeness (QED) is 0.885. The first-order valence-corrected chi connectivity index (χ1v) is 9.79. The van der Waals surface area contributed by atoms with Crippen molar-refractivity contribution >= 4 is 33.0 Å². The SMILES string of the molecule is CC(=O)N1C[C@@H](C(=O)Nc2ccc(S(C)(=O)=O)cc2)Oc2ccccc21. The van der Waals surface area contributed by atoms with Crippen LogP contribution in [0.15, 0.2) is 53.4 Å². The van der Waals surface area contributed by atoms with Gasteiger partial charge in [0.15, 0.2) is 15.9 Å². The molecule has 1 aliphatic heterocycles. The average molecular weight is 374 g/mol. The second-order valence-electron chi connectivity index (χ2n) is 5.99. The third-order valence-electron chi connectivity index (χ3n) is 4.00. The highest BCUT2D eigenvalue weighted by atomic mass is 32.2. The van der Waals surface area contributed by atoms with Crippen molar-refractivity contribution in [2.45, 2.75) is 17.9 Å². The molecule has 2 aromatic carbocycles. The van der Waals surface area contributed by atoms with Crippen molar-refractivity contribution in [2.75, 3.05) is 23.0 Å². The lowest BCUT2D eigenvalue weighted by molar-refractivity contribution is -0.123. The molecule has 0 aromatic heterocycles. The lowest BCUT2D eigenvalue weighted by Gasteiger charge is -2.33. The molecule has 0 saturated carbocycles. The van der Waals surface area contributed by atoms with Gasteiger partial charge in [0, 0.05) is 18.9 Å². The van der Waals surface area contributed by atoms with Crippen LogP contribution >= 0.6 is 0 Å². The van der Waals surface area contributed by atoms with Gasteiger partial charge in [-0.2, -0.15) is 0 Å². The molecule has 0 saturated heterocycles. The van der Waals surface area contributed by atoms with Gasteiger partial charge in [0.2, 0.25) is 5.91 Å². The van der Waals surface area contributed by atoms with E-state index in [-0.39, 0.29) is 17.3 Å². The summed E-state index contributed by atoms with van der Waals surface area (Å²) in [5, 5.41) is 2.68. The summed E-state index contributed by atoms with van der Waals surface area (Å²) in [4.78, 5) is 26.1. The first kappa shape index (κ1) is 17.9. The number of carbonyl (C=O) groups is 2. The molecule has 26 heavy (non-hydrogen) atoms. The number of sulfone groups is 1. The third-order valence-corrected chi connectivity index (χ3v) is 5.12. The number of anilines is 2. The summed E-state index contributed by atoms with van der Waals surface area (Å²) in [7, 11) is -3.30. The Morgan fingerprint density at radius 3 is 2.38 bits per heavy atom. The number of nitrogens with one attached hydrogen (secondary N) is 1. The van der Waals surface area contributed by atoms with Gasteiger partial charge in [-0.05, 0) is 36.4 Å². The van der Waals surface area contributed by atoms with Gasteiger partial charge in [0.05, 0.1) is 17.1 Å². The van der Waals surface area contributed by atoms with E-state index in [4.69, 9.17) is 4.74 Å². The number of ether oxygens (including phenoxy) is 1. The molecule has 0 bridgehead atoms. The topological polar surface area (TPSA) is 92.8 Å². The number of fused-ring (bicyclic) bond motifs is 1. The van der Waals surface area contributed by atoms with Crippen LogP contribution in [-0.2, 0) is 19.4 Å². The highest BCUT2D eigenvalue weighted by Gasteiger charge is 2.32. The molecule has 3 rings (SSSR count). The molecular weight excluding hydrogens is 356 g/mol. The highest BCUT2D eigenvalue weighted by molar-refractivity contribution is 7.90. The van der Waals surface area contributed by atoms with Crippen LogP contribution in [0.3, 0.4) is 0 Å². The van der Waals surface area contributed by atoms with Gasteiger partial charge < -0.3 is 15.0 Å². The number of hydrogen-bond donors (Lipinski definition) is 1. The van der Waals surface area contributed by atoms with Crippen molar-refractivity contribution in [3.05, 3.63) is 48.5 Å². The maximum atomic E-state index is 12.5. The van der Waals surface area contributed by atoms with Crippen molar-refractivity contribution in [3.8, 4) is 5.75 Å². The summed E-state index contributed by atoms with van der Waals surface area (Å²) in [6.45, 7) is 1.53. The predicted molar refractivity (Wildman–Crippen MR) is 97.1 cm³/mol. The number of hydrogen-bond acceptors (Lipinski definition) is 5. The van der Waals surface area contributed by atoms with Crippen LogP contribution in [0.1, 0.15) is 6.92 Å². The zero-order chi connectivity index (χ0) is 18.9. The maximum absolute atomic E-state index is 12.5. The van der Waals surface area contributed by atoms with E-state index in [1.54, 1.807) is 24.3 Å². The highest BCUT2D eigenvalue weighted by Crippen LogP contribution is 2.33. The van der Waals surface area contributed by atoms with E-state index in [0.29, 0.717) is 17.1 Å². The molecule has 8 heteroatoms. The summed E-state index contributed by atoms with van der Waals surface area (Å²) in [6.07, 6.45) is 0.243. The van der Waals surface area contributed by atoms with Crippen molar-refractivity contribution < 1.29 is 22.7 Å². The summed E-state index contributed by atoms with van der Waals surface area (Å²) in [5.41, 5.74) is 1.07. The Labute approximate surface area is 151 Å². The summed E-state index contributed by atoms with van der Waals surface area (Å²) in [6, 6.07) is 12.9. The van der Waals surface area contributed by atoms with Gasteiger partial charge in [-0.1, -0.05) is 12.1 Å². The normalized spacial score (nSPS) is 16.4. The van der Waals surface area contributed by atoms with Gasteiger partial charge >= 0.3 is 0 Å². The monoisotopic (exact) mass is 374 g/mol. The summed E-state index contributed by atoms with van der Waals surface area (Å²) >= 11 is 0. The van der Waals surface area contributed by atoms with Gasteiger partial charge in [-0.3, -0.25) is 9.59 Å². The van der Waals surface area contributed by atoms with Crippen LogP contribution < -0.4 is 15.0 Å². The minimum absolute atomic E-state index is 0.0968. The summed E-state index contributed by atoms with van der Waals surface area (Å²) in [5.74, 6) is -0.143. The van der Waals surface area contributed by atoms with Crippen LogP contribution in [0.25, 0.3) is 0 Å². The van der Waals surface area contributed by atoms with Crippen LogP contribution in [0, 0.1) is 0 Å². The summed E-state index contributed by atoms with van der Waals surface area (Å²) < 4.78 is 28.7. The fourth-order valence-corrected chi connectivity index (χ4v) is 3.31. The Morgan fingerprint density at radius 2 is 1.77 bits per heavy atom. The predicted octanol–water partition coefficient (Wildman–Crippen LogP) is 1.84. The van der Waals surface area contributed by atoms with Crippen molar-refractivity contribution in [3.63, 3.8) is 0 Å². The van der Waals surface area contributed by atoms with Crippen LogP contribution in [0.4, 0.5) is 11.4 Å². The fourth-order valence-electron chi connectivity index (χ4n) is 2.68. The molecule has 0 unspecified atom stereocenters. The number of nitrogens with zero attached hydrogens (tertiary/aromatic N) is 1. The molecular formula is C18H18N2O5S. The molecule has 0 radical (unpaired) electrons. The second-order valence-corrected chi connectivity index (χ2v) is 8.01. The van der Waals surface area contributed by atoms with Crippen molar-refractivity contribution in [1.29, 1.82) is 0 Å². The number of carbonyl (C=O) groups excluding carboxylic acids is 2. The zero-order valence-electron chi connectivity index (χ0n) is 14.3. The van der Waals surface area contributed by atoms with Crippen molar-refractivity contribution in [1.82, 2.24) is 0 Å². The van der Waals surface area contributed by atoms with E-state index in [1.807, 2.05) is 0 Å². The van der Waals surface area contributed by atoms with Crippen LogP contribution in [0.2, 0.25) is 0 Å². The van der Waals surface area contributed by atoms with Crippen LogP contribution in [-0.4, -0.2) is 39.1 Å². The van der Waals surface area contributed by atoms with E-state index in [1.165, 1.54) is 36.1 Å². The Morgan fingerprint density at radius 1 is 1.12 bits per heavy atom. The first-order chi connectivity index (χ1) is 12.3. The molecule has 1 atom stereocenters. The zero-order valence-corrected chi connectivity index (χ0v) is 15.1. The van der Waals surface area contributed by atoms with Gasteiger partial charge in [-0.15, -0.1) is 0 Å². The van der Waals surface area contributed by atoms with Gasteiger partial charge in [0.1, 0.15) is 5.75 Å². The molecule has 1 N–H and O–H groups in total. The molecule has 0 aliphatic carbocycles. The number of para-hydroxylation sites is 2. The molecule has 2 amide bonds. The number of amides is 2. The van der Waals surface area contributed by atoms with E-state index in [2.05, 4.69) is 5.32 Å². The van der Waals surface area contributed by atoms with Gasteiger partial charge in [-0.25, -0.2) is 8.42 Å². The largest absolute Gasteiger partial charge is 0.476 e. The minimum atomic E-state index is -3.30. The molecule has 7 nitrogen and oxygen atoms in total. The Hall–Kier alpha value is -2.87. The van der Waals surface area contributed by atoms with Gasteiger partial charge in [0.25, 0.3) is 5.91 Å². The number of benzene rings is 2. The van der Waals surface area contributed by atoms with E-state index in [0.717, 1.165) is 6.26 Å². The third kappa shape index (κ3) is 3.70.